The Kier molecular flexibility index (Phi) is 8.66. The smallest absolute Gasteiger partial charge is 0.191 e. The van der Waals surface area contributed by atoms with Crippen molar-refractivity contribution in [2.45, 2.75) is 26.7 Å². The molecule has 0 aliphatic heterocycles. The Morgan fingerprint density at radius 1 is 1.42 bits per heavy atom. The van der Waals surface area contributed by atoms with Gasteiger partial charge in [0, 0.05) is 36.3 Å². The molecule has 0 fully saturated rings. The third-order valence-electron chi connectivity index (χ3n) is 2.49. The number of aryl methyl sites for hydroxylation is 1. The number of aliphatic imine (C=N–C) groups is 1. The number of hydrogen-bond donors (Lipinski definition) is 2. The highest BCUT2D eigenvalue weighted by Gasteiger charge is 2.01. The fraction of sp³-hybridized carbons (Fsp3) is 0.692. The van der Waals surface area contributed by atoms with Gasteiger partial charge in [0.2, 0.25) is 0 Å². The summed E-state index contributed by atoms with van der Waals surface area (Å²) in [5, 5.41) is 7.81. The first-order valence-electron chi connectivity index (χ1n) is 6.74. The molecule has 0 aromatic carbocycles. The topological polar surface area (TPSA) is 49.3 Å². The van der Waals surface area contributed by atoms with Crippen molar-refractivity contribution in [3.8, 4) is 0 Å². The molecule has 0 unspecified atom stereocenters. The minimum Gasteiger partial charge on any atom is -0.357 e. The monoisotopic (exact) mass is 300 g/mol. The van der Waals surface area contributed by atoms with E-state index in [-0.39, 0.29) is 0 Å². The normalized spacial score (nSPS) is 11.6. The van der Waals surface area contributed by atoms with Crippen LogP contribution in [0.1, 0.15) is 23.7 Å². The van der Waals surface area contributed by atoms with Gasteiger partial charge in [0.25, 0.3) is 0 Å². The third kappa shape index (κ3) is 6.82. The van der Waals surface area contributed by atoms with Crippen LogP contribution in [0.4, 0.5) is 0 Å². The van der Waals surface area contributed by atoms with E-state index in [1.165, 1.54) is 9.88 Å². The van der Waals surface area contributed by atoms with E-state index in [4.69, 9.17) is 0 Å². The largest absolute Gasteiger partial charge is 0.357 e. The van der Waals surface area contributed by atoms with E-state index in [1.807, 2.05) is 18.0 Å². The number of guanidine groups is 1. The van der Waals surface area contributed by atoms with E-state index in [0.29, 0.717) is 0 Å². The molecule has 6 heteroatoms. The van der Waals surface area contributed by atoms with Crippen LogP contribution in [-0.2, 0) is 12.8 Å². The summed E-state index contributed by atoms with van der Waals surface area (Å²) in [5.74, 6) is 1.96. The summed E-state index contributed by atoms with van der Waals surface area (Å²) in [5.41, 5.74) is 0. The van der Waals surface area contributed by atoms with E-state index in [2.05, 4.69) is 40.7 Å². The number of hydrogen-bond acceptors (Lipinski definition) is 4. The Bertz CT molecular complexity index is 376. The molecule has 1 rings (SSSR count). The Labute approximate surface area is 124 Å². The van der Waals surface area contributed by atoms with Crippen molar-refractivity contribution in [1.82, 2.24) is 15.6 Å². The first-order valence-corrected chi connectivity index (χ1v) is 8.95. The van der Waals surface area contributed by atoms with Crippen LogP contribution in [-0.4, -0.2) is 42.6 Å². The second-order valence-electron chi connectivity index (χ2n) is 4.00. The van der Waals surface area contributed by atoms with Gasteiger partial charge in [0.05, 0.1) is 11.6 Å². The van der Waals surface area contributed by atoms with Gasteiger partial charge in [-0.2, -0.15) is 11.8 Å². The molecule has 1 aromatic heterocycles. The molecule has 0 atom stereocenters. The molecular formula is C13H24N4S2. The molecule has 0 aliphatic carbocycles. The lowest BCUT2D eigenvalue weighted by molar-refractivity contribution is 0.800. The van der Waals surface area contributed by atoms with E-state index in [9.17, 15) is 0 Å². The summed E-state index contributed by atoms with van der Waals surface area (Å²) in [7, 11) is 0. The first-order chi connectivity index (χ1) is 9.30. The molecule has 1 heterocycles. The van der Waals surface area contributed by atoms with Crippen molar-refractivity contribution in [2.75, 3.05) is 31.6 Å². The molecule has 0 saturated carbocycles. The zero-order chi connectivity index (χ0) is 13.9. The van der Waals surface area contributed by atoms with Gasteiger partial charge < -0.3 is 10.6 Å². The van der Waals surface area contributed by atoms with Crippen molar-refractivity contribution in [3.05, 3.63) is 16.1 Å². The summed E-state index contributed by atoms with van der Waals surface area (Å²) < 4.78 is 0. The van der Waals surface area contributed by atoms with E-state index >= 15 is 0 Å². The van der Waals surface area contributed by atoms with Gasteiger partial charge in [-0.1, -0.05) is 6.92 Å². The van der Waals surface area contributed by atoms with Gasteiger partial charge in [-0.05, 0) is 19.6 Å². The van der Waals surface area contributed by atoms with Crippen molar-refractivity contribution in [2.24, 2.45) is 4.99 Å². The average molecular weight is 300 g/mol. The molecular weight excluding hydrogens is 276 g/mol. The van der Waals surface area contributed by atoms with E-state index in [0.717, 1.165) is 44.2 Å². The van der Waals surface area contributed by atoms with Gasteiger partial charge in [-0.15, -0.1) is 11.3 Å². The second-order valence-corrected chi connectivity index (χ2v) is 6.19. The quantitative estimate of drug-likeness (QED) is 0.439. The Balaban J connectivity index is 2.32. The van der Waals surface area contributed by atoms with Crippen LogP contribution in [0.25, 0.3) is 0 Å². The van der Waals surface area contributed by atoms with Gasteiger partial charge >= 0.3 is 0 Å². The second kappa shape index (κ2) is 10.1. The van der Waals surface area contributed by atoms with Crippen molar-refractivity contribution in [1.29, 1.82) is 0 Å². The maximum atomic E-state index is 4.51. The van der Waals surface area contributed by atoms with Crippen LogP contribution in [0.5, 0.6) is 0 Å². The lowest BCUT2D eigenvalue weighted by atomic mass is 10.4. The molecule has 0 bridgehead atoms. The molecule has 4 nitrogen and oxygen atoms in total. The predicted octanol–water partition coefficient (Wildman–Crippen LogP) is 2.17. The Morgan fingerprint density at radius 2 is 2.26 bits per heavy atom. The Hall–Kier alpha value is -0.750. The number of thioether (sulfide) groups is 1. The van der Waals surface area contributed by atoms with Gasteiger partial charge in [-0.25, -0.2) is 4.98 Å². The van der Waals surface area contributed by atoms with Gasteiger partial charge in [0.15, 0.2) is 5.96 Å². The van der Waals surface area contributed by atoms with Crippen LogP contribution in [0.3, 0.4) is 0 Å². The van der Waals surface area contributed by atoms with Gasteiger partial charge in [-0.3, -0.25) is 4.99 Å². The van der Waals surface area contributed by atoms with Crippen molar-refractivity contribution in [3.63, 3.8) is 0 Å². The molecule has 0 amide bonds. The summed E-state index contributed by atoms with van der Waals surface area (Å²) in [4.78, 5) is 10.3. The summed E-state index contributed by atoms with van der Waals surface area (Å²) in [6.45, 7) is 6.87. The zero-order valence-electron chi connectivity index (χ0n) is 12.0. The minimum absolute atomic E-state index is 0.855. The molecule has 0 spiro atoms. The average Bonchev–Trinajstić information content (AvgIpc) is 2.87. The molecule has 2 N–H and O–H groups in total. The number of aromatic nitrogens is 1. The molecule has 0 saturated heterocycles. The SMILES string of the molecule is CCNC(=NCCSC)NCCc1ncc(CC)s1. The number of nitrogens with zero attached hydrogens (tertiary/aromatic N) is 2. The maximum absolute atomic E-state index is 4.51. The number of thiazole rings is 1. The first kappa shape index (κ1) is 16.3. The Morgan fingerprint density at radius 3 is 2.89 bits per heavy atom. The standard InChI is InChI=1S/C13H24N4S2/c1-4-11-10-17-12(19-11)6-7-15-13(14-5-2)16-8-9-18-3/h10H,4-9H2,1-3H3,(H2,14,15,16). The molecule has 0 aliphatic rings. The lowest BCUT2D eigenvalue weighted by Gasteiger charge is -2.10. The van der Waals surface area contributed by atoms with Gasteiger partial charge in [0.1, 0.15) is 0 Å². The van der Waals surface area contributed by atoms with Crippen LogP contribution >= 0.6 is 23.1 Å². The zero-order valence-corrected chi connectivity index (χ0v) is 13.7. The summed E-state index contributed by atoms with van der Waals surface area (Å²) in [6, 6.07) is 0. The highest BCUT2D eigenvalue weighted by Crippen LogP contribution is 2.13. The molecule has 0 radical (unpaired) electrons. The fourth-order valence-corrected chi connectivity index (χ4v) is 2.64. The van der Waals surface area contributed by atoms with Crippen LogP contribution in [0, 0.1) is 0 Å². The number of rotatable bonds is 8. The van der Waals surface area contributed by atoms with Crippen LogP contribution < -0.4 is 10.6 Å². The molecule has 19 heavy (non-hydrogen) atoms. The van der Waals surface area contributed by atoms with Crippen molar-refractivity contribution >= 4 is 29.1 Å². The molecule has 108 valence electrons. The number of nitrogens with one attached hydrogen (secondary N) is 2. The van der Waals surface area contributed by atoms with E-state index < -0.39 is 0 Å². The van der Waals surface area contributed by atoms with Crippen molar-refractivity contribution < 1.29 is 0 Å². The lowest BCUT2D eigenvalue weighted by Crippen LogP contribution is -2.38. The summed E-state index contributed by atoms with van der Waals surface area (Å²) in [6.07, 6.45) is 6.11. The predicted molar refractivity (Wildman–Crippen MR) is 87.6 cm³/mol. The maximum Gasteiger partial charge on any atom is 0.191 e. The molecule has 1 aromatic rings. The van der Waals surface area contributed by atoms with E-state index in [1.54, 1.807) is 11.3 Å². The van der Waals surface area contributed by atoms with Crippen LogP contribution in [0.2, 0.25) is 0 Å². The van der Waals surface area contributed by atoms with Crippen LogP contribution in [0.15, 0.2) is 11.2 Å². The fourth-order valence-electron chi connectivity index (χ4n) is 1.51. The summed E-state index contributed by atoms with van der Waals surface area (Å²) >= 11 is 3.62. The third-order valence-corrected chi connectivity index (χ3v) is 4.28. The minimum atomic E-state index is 0.855. The highest BCUT2D eigenvalue weighted by molar-refractivity contribution is 7.98. The highest BCUT2D eigenvalue weighted by atomic mass is 32.2.